The number of carbonyl (C=O) groups is 1. The SMILES string of the molecule is CCOCC1CCN(C(=O)[C@@H](c2cccc(F)c2)N(C)C)CC1. The van der Waals surface area contributed by atoms with Gasteiger partial charge in [0.25, 0.3) is 0 Å². The molecule has 0 bridgehead atoms. The summed E-state index contributed by atoms with van der Waals surface area (Å²) in [5.41, 5.74) is 0.705. The number of carbonyl (C=O) groups excluding carboxylic acids is 1. The summed E-state index contributed by atoms with van der Waals surface area (Å²) in [6.45, 7) is 5.01. The number of likely N-dealkylation sites (tertiary alicyclic amines) is 1. The van der Waals surface area contributed by atoms with E-state index < -0.39 is 6.04 Å². The lowest BCUT2D eigenvalue weighted by atomic mass is 9.96. The summed E-state index contributed by atoms with van der Waals surface area (Å²) >= 11 is 0. The minimum Gasteiger partial charge on any atom is -0.381 e. The van der Waals surface area contributed by atoms with Crippen LogP contribution in [0.1, 0.15) is 31.4 Å². The Morgan fingerprint density at radius 3 is 2.65 bits per heavy atom. The minimum absolute atomic E-state index is 0.0514. The summed E-state index contributed by atoms with van der Waals surface area (Å²) in [5.74, 6) is 0.277. The number of ether oxygens (including phenoxy) is 1. The third kappa shape index (κ3) is 4.75. The van der Waals surface area contributed by atoms with Crippen LogP contribution < -0.4 is 0 Å². The molecule has 4 nitrogen and oxygen atoms in total. The monoisotopic (exact) mass is 322 g/mol. The number of hydrogen-bond donors (Lipinski definition) is 0. The van der Waals surface area contributed by atoms with Crippen LogP contribution in [0.25, 0.3) is 0 Å². The molecule has 0 aliphatic carbocycles. The Kier molecular flexibility index (Phi) is 6.54. The van der Waals surface area contributed by atoms with Gasteiger partial charge in [-0.15, -0.1) is 0 Å². The predicted molar refractivity (Wildman–Crippen MR) is 88.6 cm³/mol. The highest BCUT2D eigenvalue weighted by Crippen LogP contribution is 2.25. The Hall–Kier alpha value is -1.46. The van der Waals surface area contributed by atoms with Gasteiger partial charge in [0, 0.05) is 26.3 Å². The lowest BCUT2D eigenvalue weighted by molar-refractivity contribution is -0.138. The number of benzene rings is 1. The quantitative estimate of drug-likeness (QED) is 0.807. The zero-order valence-electron chi connectivity index (χ0n) is 14.3. The average molecular weight is 322 g/mol. The van der Waals surface area contributed by atoms with Crippen LogP contribution in [0, 0.1) is 11.7 Å². The fourth-order valence-corrected chi connectivity index (χ4v) is 3.12. The van der Waals surface area contributed by atoms with E-state index in [1.807, 2.05) is 36.9 Å². The van der Waals surface area contributed by atoms with Crippen LogP contribution in [-0.2, 0) is 9.53 Å². The maximum Gasteiger partial charge on any atom is 0.244 e. The molecule has 0 spiro atoms. The molecule has 0 aromatic heterocycles. The van der Waals surface area contributed by atoms with Gasteiger partial charge in [-0.05, 0) is 57.5 Å². The van der Waals surface area contributed by atoms with E-state index in [2.05, 4.69) is 0 Å². The molecule has 128 valence electrons. The first kappa shape index (κ1) is 17.9. The van der Waals surface area contributed by atoms with Crippen molar-refractivity contribution in [2.24, 2.45) is 5.92 Å². The molecule has 5 heteroatoms. The highest BCUT2D eigenvalue weighted by Gasteiger charge is 2.30. The van der Waals surface area contributed by atoms with Gasteiger partial charge in [0.1, 0.15) is 11.9 Å². The van der Waals surface area contributed by atoms with Crippen molar-refractivity contribution in [3.8, 4) is 0 Å². The van der Waals surface area contributed by atoms with Gasteiger partial charge in [0.05, 0.1) is 0 Å². The van der Waals surface area contributed by atoms with Crippen molar-refractivity contribution < 1.29 is 13.9 Å². The van der Waals surface area contributed by atoms with Crippen LogP contribution in [-0.4, -0.2) is 56.1 Å². The van der Waals surface area contributed by atoms with Crippen molar-refractivity contribution in [3.05, 3.63) is 35.6 Å². The summed E-state index contributed by atoms with van der Waals surface area (Å²) in [4.78, 5) is 16.7. The van der Waals surface area contributed by atoms with Gasteiger partial charge in [-0.25, -0.2) is 4.39 Å². The Balaban J connectivity index is 2.02. The van der Waals surface area contributed by atoms with Crippen LogP contribution in [0.3, 0.4) is 0 Å². The number of amides is 1. The number of piperidine rings is 1. The summed E-state index contributed by atoms with van der Waals surface area (Å²) in [6, 6.07) is 5.88. The molecule has 1 aliphatic heterocycles. The van der Waals surface area contributed by atoms with Crippen LogP contribution >= 0.6 is 0 Å². The molecule has 1 saturated heterocycles. The molecule has 1 aromatic carbocycles. The second-order valence-corrected chi connectivity index (χ2v) is 6.35. The largest absolute Gasteiger partial charge is 0.381 e. The van der Waals surface area contributed by atoms with E-state index in [-0.39, 0.29) is 11.7 Å². The van der Waals surface area contributed by atoms with Crippen LogP contribution in [0.15, 0.2) is 24.3 Å². The second kappa shape index (κ2) is 8.41. The van der Waals surface area contributed by atoms with Gasteiger partial charge >= 0.3 is 0 Å². The third-order valence-corrected chi connectivity index (χ3v) is 4.40. The Bertz CT molecular complexity index is 513. The van der Waals surface area contributed by atoms with Crippen molar-refractivity contribution in [2.45, 2.75) is 25.8 Å². The first-order chi connectivity index (χ1) is 11.0. The zero-order valence-corrected chi connectivity index (χ0v) is 14.3. The van der Waals surface area contributed by atoms with Crippen molar-refractivity contribution in [1.29, 1.82) is 0 Å². The van der Waals surface area contributed by atoms with Gasteiger partial charge < -0.3 is 9.64 Å². The molecule has 0 radical (unpaired) electrons. The molecule has 1 aliphatic rings. The fraction of sp³-hybridized carbons (Fsp3) is 0.611. The predicted octanol–water partition coefficient (Wildman–Crippen LogP) is 2.70. The smallest absolute Gasteiger partial charge is 0.244 e. The molecule has 1 aromatic rings. The molecule has 1 heterocycles. The molecular weight excluding hydrogens is 295 g/mol. The summed E-state index contributed by atoms with van der Waals surface area (Å²) in [5, 5.41) is 0. The Labute approximate surface area is 138 Å². The maximum absolute atomic E-state index is 13.5. The van der Waals surface area contributed by atoms with Gasteiger partial charge in [0.2, 0.25) is 5.91 Å². The molecule has 2 rings (SSSR count). The molecule has 23 heavy (non-hydrogen) atoms. The summed E-state index contributed by atoms with van der Waals surface area (Å²) in [7, 11) is 3.71. The van der Waals surface area contributed by atoms with Gasteiger partial charge in [-0.1, -0.05) is 12.1 Å². The first-order valence-electron chi connectivity index (χ1n) is 8.31. The van der Waals surface area contributed by atoms with Crippen molar-refractivity contribution in [2.75, 3.05) is 40.4 Å². The lowest BCUT2D eigenvalue weighted by Gasteiger charge is -2.36. The molecule has 1 atom stereocenters. The van der Waals surface area contributed by atoms with E-state index in [4.69, 9.17) is 4.74 Å². The standard InChI is InChI=1S/C18H27FN2O2/c1-4-23-13-14-8-10-21(11-9-14)18(22)17(20(2)3)15-6-5-7-16(19)12-15/h5-7,12,14,17H,4,8-11,13H2,1-3H3/t17-/m1/s1. The molecular formula is C18H27FN2O2. The number of rotatable bonds is 6. The van der Waals surface area contributed by atoms with Gasteiger partial charge in [-0.3, -0.25) is 9.69 Å². The summed E-state index contributed by atoms with van der Waals surface area (Å²) in [6.07, 6.45) is 1.93. The third-order valence-electron chi connectivity index (χ3n) is 4.40. The fourth-order valence-electron chi connectivity index (χ4n) is 3.12. The molecule has 0 unspecified atom stereocenters. The summed E-state index contributed by atoms with van der Waals surface area (Å²) < 4.78 is 19.0. The number of hydrogen-bond acceptors (Lipinski definition) is 3. The van der Waals surface area contributed by atoms with Crippen molar-refractivity contribution in [1.82, 2.24) is 9.80 Å². The first-order valence-corrected chi connectivity index (χ1v) is 8.31. The lowest BCUT2D eigenvalue weighted by Crippen LogP contribution is -2.45. The number of likely N-dealkylation sites (N-methyl/N-ethyl adjacent to an activating group) is 1. The number of halogens is 1. The van der Waals surface area contributed by atoms with Crippen LogP contribution in [0.5, 0.6) is 0 Å². The van der Waals surface area contributed by atoms with E-state index in [0.717, 1.165) is 39.1 Å². The second-order valence-electron chi connectivity index (χ2n) is 6.35. The highest BCUT2D eigenvalue weighted by atomic mass is 19.1. The van der Waals surface area contributed by atoms with Crippen LogP contribution in [0.4, 0.5) is 4.39 Å². The molecule has 1 amide bonds. The van der Waals surface area contributed by atoms with Crippen LogP contribution in [0.2, 0.25) is 0 Å². The molecule has 0 saturated carbocycles. The molecule has 0 N–H and O–H groups in total. The normalized spacial score (nSPS) is 17.5. The van der Waals surface area contributed by atoms with Crippen molar-refractivity contribution in [3.63, 3.8) is 0 Å². The van der Waals surface area contributed by atoms with Gasteiger partial charge in [-0.2, -0.15) is 0 Å². The molecule has 1 fully saturated rings. The highest BCUT2D eigenvalue weighted by molar-refractivity contribution is 5.83. The number of nitrogens with zero attached hydrogens (tertiary/aromatic N) is 2. The maximum atomic E-state index is 13.5. The zero-order chi connectivity index (χ0) is 16.8. The minimum atomic E-state index is -0.436. The van der Waals surface area contributed by atoms with E-state index >= 15 is 0 Å². The van der Waals surface area contributed by atoms with E-state index in [1.165, 1.54) is 12.1 Å². The Morgan fingerprint density at radius 2 is 2.09 bits per heavy atom. The van der Waals surface area contributed by atoms with E-state index in [1.54, 1.807) is 6.07 Å². The van der Waals surface area contributed by atoms with E-state index in [0.29, 0.717) is 11.5 Å². The average Bonchev–Trinajstić information content (AvgIpc) is 2.53. The van der Waals surface area contributed by atoms with Crippen molar-refractivity contribution >= 4 is 5.91 Å². The van der Waals surface area contributed by atoms with E-state index in [9.17, 15) is 9.18 Å². The Morgan fingerprint density at radius 1 is 1.39 bits per heavy atom. The van der Waals surface area contributed by atoms with Gasteiger partial charge in [0.15, 0.2) is 0 Å². The topological polar surface area (TPSA) is 32.8 Å².